The van der Waals surface area contributed by atoms with E-state index in [1.54, 1.807) is 18.7 Å². The number of allylic oxidation sites excluding steroid dienone is 1. The predicted molar refractivity (Wildman–Crippen MR) is 178 cm³/mol. The van der Waals surface area contributed by atoms with E-state index in [0.29, 0.717) is 34.7 Å². The number of hydrogen-bond acceptors (Lipinski definition) is 7. The van der Waals surface area contributed by atoms with Crippen LogP contribution in [0.1, 0.15) is 56.0 Å². The maximum atomic E-state index is 14.4. The molecule has 46 heavy (non-hydrogen) atoms. The largest absolute Gasteiger partial charge is 0.301 e. The van der Waals surface area contributed by atoms with Crippen LogP contribution in [0, 0.1) is 6.92 Å². The molecule has 0 saturated carbocycles. The molecule has 0 radical (unpaired) electrons. The number of halogens is 3. The summed E-state index contributed by atoms with van der Waals surface area (Å²) in [6.07, 6.45) is 1.44. The third-order valence-electron chi connectivity index (χ3n) is 9.18. The Balaban J connectivity index is 1.04. The summed E-state index contributed by atoms with van der Waals surface area (Å²) in [7, 11) is 0. The zero-order valence-electron chi connectivity index (χ0n) is 25.9. The predicted octanol–water partition coefficient (Wildman–Crippen LogP) is 5.71. The third kappa shape index (κ3) is 7.38. The molecule has 1 atom stereocenters. The number of carbonyl (C=O) groups is 2. The first-order chi connectivity index (χ1) is 22.1. The Labute approximate surface area is 276 Å². The lowest BCUT2D eigenvalue weighted by molar-refractivity contribution is -0.135. The van der Waals surface area contributed by atoms with E-state index in [1.165, 1.54) is 4.57 Å². The SMILES string of the molecule is Cc1nc2cccc(SCCCN3CCN(CC4=C(c5ccc(Cl)cc5)CCC(F)(F)C4)CC3)c2c(=O)n1C1CCC(=O)NC1=O. The normalized spacial score (nSPS) is 21.2. The van der Waals surface area contributed by atoms with Crippen molar-refractivity contribution in [1.29, 1.82) is 0 Å². The van der Waals surface area contributed by atoms with Crippen LogP contribution < -0.4 is 10.9 Å². The number of piperidine rings is 1. The Morgan fingerprint density at radius 2 is 1.76 bits per heavy atom. The Kier molecular flexibility index (Phi) is 9.94. The fourth-order valence-corrected chi connectivity index (χ4v) is 7.92. The number of aromatic nitrogens is 2. The first-order valence-corrected chi connectivity index (χ1v) is 17.2. The highest BCUT2D eigenvalue weighted by Gasteiger charge is 2.36. The number of thioether (sulfide) groups is 1. The van der Waals surface area contributed by atoms with Gasteiger partial charge >= 0.3 is 0 Å². The number of hydrogen-bond donors (Lipinski definition) is 1. The van der Waals surface area contributed by atoms with Crippen molar-refractivity contribution in [2.45, 2.75) is 62.3 Å². The van der Waals surface area contributed by atoms with Crippen molar-refractivity contribution < 1.29 is 18.4 Å². The Bertz CT molecular complexity index is 1720. The number of fused-ring (bicyclic) bond motifs is 1. The molecule has 1 aromatic heterocycles. The van der Waals surface area contributed by atoms with Gasteiger partial charge in [0.25, 0.3) is 11.5 Å². The highest BCUT2D eigenvalue weighted by molar-refractivity contribution is 7.99. The zero-order chi connectivity index (χ0) is 32.4. The van der Waals surface area contributed by atoms with Crippen LogP contribution in [0.3, 0.4) is 0 Å². The van der Waals surface area contributed by atoms with E-state index in [9.17, 15) is 23.2 Å². The van der Waals surface area contributed by atoms with Gasteiger partial charge in [0.15, 0.2) is 0 Å². The molecule has 1 unspecified atom stereocenters. The molecule has 2 aromatic carbocycles. The molecule has 1 aliphatic carbocycles. The van der Waals surface area contributed by atoms with Gasteiger partial charge in [-0.25, -0.2) is 13.8 Å². The highest BCUT2D eigenvalue weighted by Crippen LogP contribution is 2.41. The number of imide groups is 1. The number of benzene rings is 2. The van der Waals surface area contributed by atoms with Gasteiger partial charge in [-0.3, -0.25) is 29.2 Å². The maximum absolute atomic E-state index is 14.4. The molecule has 2 amide bonds. The van der Waals surface area contributed by atoms with Gasteiger partial charge in [0, 0.05) is 61.9 Å². The number of piperazine rings is 1. The molecule has 0 spiro atoms. The van der Waals surface area contributed by atoms with E-state index >= 15 is 0 Å². The molecule has 2 fully saturated rings. The van der Waals surface area contributed by atoms with Crippen LogP contribution >= 0.6 is 23.4 Å². The molecule has 1 N–H and O–H groups in total. The zero-order valence-corrected chi connectivity index (χ0v) is 27.4. The molecule has 3 aliphatic rings. The standard InChI is InChI=1S/C34H38ClF2N5O3S/c1-22-38-27-4-2-5-29(31(27)33(45)42(22)28-10-11-30(43)39-32(28)44)46-19-3-14-40-15-17-41(18-16-40)21-24-20-34(36,37)13-12-26(24)23-6-8-25(35)9-7-23/h2,4-9,28H,3,10-21H2,1H3,(H,39,43,44). The van der Waals surface area contributed by atoms with Crippen molar-refractivity contribution >= 4 is 51.7 Å². The van der Waals surface area contributed by atoms with Crippen LogP contribution in [0.5, 0.6) is 0 Å². The number of aryl methyl sites for hydroxylation is 1. The molecular weight excluding hydrogens is 632 g/mol. The van der Waals surface area contributed by atoms with E-state index in [-0.39, 0.29) is 37.1 Å². The summed E-state index contributed by atoms with van der Waals surface area (Å²) in [4.78, 5) is 48.1. The fraction of sp³-hybridized carbons (Fsp3) is 0.471. The van der Waals surface area contributed by atoms with Crippen LogP contribution in [0.25, 0.3) is 16.5 Å². The van der Waals surface area contributed by atoms with E-state index in [4.69, 9.17) is 11.6 Å². The van der Waals surface area contributed by atoms with E-state index in [2.05, 4.69) is 20.1 Å². The second-order valence-corrected chi connectivity index (χ2v) is 14.0. The molecule has 12 heteroatoms. The second kappa shape index (κ2) is 13.9. The molecule has 2 aliphatic heterocycles. The lowest BCUT2D eigenvalue weighted by atomic mass is 9.85. The van der Waals surface area contributed by atoms with E-state index < -0.39 is 17.9 Å². The number of carbonyl (C=O) groups excluding carboxylic acids is 2. The molecule has 3 aromatic rings. The van der Waals surface area contributed by atoms with Crippen LogP contribution in [-0.2, 0) is 9.59 Å². The molecule has 6 rings (SSSR count). The Morgan fingerprint density at radius 3 is 2.50 bits per heavy atom. The molecule has 8 nitrogen and oxygen atoms in total. The molecule has 0 bridgehead atoms. The summed E-state index contributed by atoms with van der Waals surface area (Å²) >= 11 is 7.67. The first-order valence-electron chi connectivity index (χ1n) is 15.9. The van der Waals surface area contributed by atoms with Crippen molar-refractivity contribution in [2.75, 3.05) is 45.0 Å². The van der Waals surface area contributed by atoms with Gasteiger partial charge in [0.05, 0.1) is 10.9 Å². The third-order valence-corrected chi connectivity index (χ3v) is 10.6. The minimum Gasteiger partial charge on any atom is -0.301 e. The van der Waals surface area contributed by atoms with Crippen molar-refractivity contribution in [2.24, 2.45) is 0 Å². The molecule has 2 saturated heterocycles. The minimum atomic E-state index is -2.66. The quantitative estimate of drug-likeness (QED) is 0.178. The lowest BCUT2D eigenvalue weighted by Gasteiger charge is -2.37. The summed E-state index contributed by atoms with van der Waals surface area (Å²) < 4.78 is 30.3. The van der Waals surface area contributed by atoms with Gasteiger partial charge in [-0.15, -0.1) is 11.8 Å². The average molecular weight is 670 g/mol. The monoisotopic (exact) mass is 669 g/mol. The smallest absolute Gasteiger partial charge is 0.263 e. The summed E-state index contributed by atoms with van der Waals surface area (Å²) in [6.45, 7) is 6.57. The van der Waals surface area contributed by atoms with Crippen LogP contribution in [0.15, 0.2) is 57.7 Å². The Morgan fingerprint density at radius 1 is 1.02 bits per heavy atom. The minimum absolute atomic E-state index is 0.120. The number of alkyl halides is 2. The number of rotatable bonds is 9. The topological polar surface area (TPSA) is 87.5 Å². The molecular formula is C34H38ClF2N5O3S. The summed E-state index contributed by atoms with van der Waals surface area (Å²) in [6, 6.07) is 12.4. The Hall–Kier alpha value is -3.12. The van der Waals surface area contributed by atoms with Gasteiger partial charge in [-0.2, -0.15) is 0 Å². The summed E-state index contributed by atoms with van der Waals surface area (Å²) in [5.41, 5.74) is 3.18. The highest BCUT2D eigenvalue weighted by atomic mass is 35.5. The second-order valence-electron chi connectivity index (χ2n) is 12.4. The van der Waals surface area contributed by atoms with Crippen LogP contribution in [-0.4, -0.2) is 82.1 Å². The van der Waals surface area contributed by atoms with Crippen molar-refractivity contribution in [3.63, 3.8) is 0 Å². The van der Waals surface area contributed by atoms with E-state index in [0.717, 1.165) is 66.5 Å². The average Bonchev–Trinajstić information content (AvgIpc) is 3.01. The summed E-state index contributed by atoms with van der Waals surface area (Å²) in [5, 5.41) is 3.48. The van der Waals surface area contributed by atoms with Gasteiger partial charge in [-0.05, 0) is 79.5 Å². The van der Waals surface area contributed by atoms with Gasteiger partial charge in [-0.1, -0.05) is 29.8 Å². The molecule has 244 valence electrons. The summed E-state index contributed by atoms with van der Waals surface area (Å²) in [5.74, 6) is -2.21. The number of amides is 2. The van der Waals surface area contributed by atoms with Crippen LogP contribution in [0.4, 0.5) is 8.78 Å². The van der Waals surface area contributed by atoms with Gasteiger partial charge in [0.1, 0.15) is 11.9 Å². The first kappa shape index (κ1) is 32.8. The number of nitrogens with zero attached hydrogens (tertiary/aromatic N) is 4. The van der Waals surface area contributed by atoms with Gasteiger partial charge in [0.2, 0.25) is 11.8 Å². The maximum Gasteiger partial charge on any atom is 0.263 e. The molecule has 3 heterocycles. The van der Waals surface area contributed by atoms with Crippen molar-refractivity contribution in [3.05, 3.63) is 74.8 Å². The van der Waals surface area contributed by atoms with Crippen molar-refractivity contribution in [3.8, 4) is 0 Å². The lowest BCUT2D eigenvalue weighted by Crippen LogP contribution is -2.47. The van der Waals surface area contributed by atoms with Crippen LogP contribution in [0.2, 0.25) is 5.02 Å². The van der Waals surface area contributed by atoms with Crippen molar-refractivity contribution in [1.82, 2.24) is 24.7 Å². The van der Waals surface area contributed by atoms with Gasteiger partial charge < -0.3 is 4.90 Å². The number of nitrogens with one attached hydrogen (secondary N) is 1. The van der Waals surface area contributed by atoms with E-state index in [1.807, 2.05) is 42.5 Å². The fourth-order valence-electron chi connectivity index (χ4n) is 6.79.